The highest BCUT2D eigenvalue weighted by Crippen LogP contribution is 2.40. The van der Waals surface area contributed by atoms with E-state index in [0.29, 0.717) is 21.1 Å². The second-order valence-corrected chi connectivity index (χ2v) is 4.16. The van der Waals surface area contributed by atoms with Crippen LogP contribution in [0.3, 0.4) is 0 Å². The molecule has 0 unspecified atom stereocenters. The van der Waals surface area contributed by atoms with Crippen molar-refractivity contribution >= 4 is 38.3 Å². The summed E-state index contributed by atoms with van der Waals surface area (Å²) in [5.41, 5.74) is 0.643. The molecule has 6 heteroatoms. The highest BCUT2D eigenvalue weighted by Gasteiger charge is 2.16. The highest BCUT2D eigenvalue weighted by atomic mass is 79.9. The molecule has 1 aliphatic rings. The molecule has 0 aromatic heterocycles. The summed E-state index contributed by atoms with van der Waals surface area (Å²) in [6, 6.07) is 2.73. The van der Waals surface area contributed by atoms with Gasteiger partial charge in [-0.3, -0.25) is 0 Å². The molecule has 1 aromatic carbocycles. The number of rotatable bonds is 1. The second-order valence-electron chi connectivity index (χ2n) is 2.56. The Bertz CT molecular complexity index is 411. The average Bonchev–Trinajstić information content (AvgIpc) is 2.17. The van der Waals surface area contributed by atoms with Crippen molar-refractivity contribution in [3.05, 3.63) is 17.9 Å². The standard InChI is InChI=1S/C8H6BrFN2OS/c1-13-5-2-4(10)3-6-7(5)11-8(9)12-14-6/h2-3H,1H3,(H,11,12). The Balaban J connectivity index is 2.59. The van der Waals surface area contributed by atoms with E-state index in [1.165, 1.54) is 31.2 Å². The third-order valence-corrected chi connectivity index (χ3v) is 3.14. The van der Waals surface area contributed by atoms with E-state index in [4.69, 9.17) is 4.74 Å². The second kappa shape index (κ2) is 3.78. The number of nitrogens with zero attached hydrogens (tertiary/aromatic N) is 1. The van der Waals surface area contributed by atoms with Gasteiger partial charge in [-0.1, -0.05) is 0 Å². The molecule has 1 aliphatic heterocycles. The smallest absolute Gasteiger partial charge is 0.181 e. The van der Waals surface area contributed by atoms with Gasteiger partial charge in [0.1, 0.15) is 17.3 Å². The van der Waals surface area contributed by atoms with E-state index in [2.05, 4.69) is 25.6 Å². The monoisotopic (exact) mass is 276 g/mol. The van der Waals surface area contributed by atoms with Gasteiger partial charge in [-0.05, 0) is 33.9 Å². The molecule has 14 heavy (non-hydrogen) atoms. The first kappa shape index (κ1) is 9.79. The first-order chi connectivity index (χ1) is 6.70. The molecule has 0 spiro atoms. The van der Waals surface area contributed by atoms with E-state index < -0.39 is 0 Å². The molecule has 0 aliphatic carbocycles. The maximum atomic E-state index is 13.1. The maximum absolute atomic E-state index is 13.1. The van der Waals surface area contributed by atoms with Crippen LogP contribution in [0.15, 0.2) is 22.0 Å². The summed E-state index contributed by atoms with van der Waals surface area (Å²) in [5, 5.41) is 0. The number of methoxy groups -OCH3 is 1. The molecular formula is C8H6BrFN2OS. The number of halogens is 2. The first-order valence-electron chi connectivity index (χ1n) is 3.75. The zero-order valence-electron chi connectivity index (χ0n) is 7.17. The van der Waals surface area contributed by atoms with Gasteiger partial charge in [-0.2, -0.15) is 0 Å². The van der Waals surface area contributed by atoms with E-state index in [1.807, 2.05) is 0 Å². The number of benzene rings is 1. The summed E-state index contributed by atoms with van der Waals surface area (Å²) in [4.78, 5) is 4.88. The molecule has 2 rings (SSSR count). The van der Waals surface area contributed by atoms with Gasteiger partial charge in [0.05, 0.1) is 12.0 Å². The number of ether oxygens (including phenoxy) is 1. The molecule has 0 saturated carbocycles. The summed E-state index contributed by atoms with van der Waals surface area (Å²) in [6.07, 6.45) is 0. The van der Waals surface area contributed by atoms with Gasteiger partial charge >= 0.3 is 0 Å². The number of fused-ring (bicyclic) bond motifs is 1. The number of hydrogen-bond acceptors (Lipinski definition) is 4. The Labute approximate surface area is 93.0 Å². The van der Waals surface area contributed by atoms with E-state index >= 15 is 0 Å². The predicted octanol–water partition coefficient (Wildman–Crippen LogP) is 2.83. The molecule has 0 atom stereocenters. The van der Waals surface area contributed by atoms with Crippen LogP contribution < -0.4 is 9.46 Å². The van der Waals surface area contributed by atoms with Crippen LogP contribution >= 0.6 is 27.9 Å². The van der Waals surface area contributed by atoms with Crippen LogP contribution in [0.5, 0.6) is 5.75 Å². The minimum atomic E-state index is -0.330. The molecule has 3 nitrogen and oxygen atoms in total. The fraction of sp³-hybridized carbons (Fsp3) is 0.125. The summed E-state index contributed by atoms with van der Waals surface area (Å²) in [5.74, 6) is 0.106. The Morgan fingerprint density at radius 1 is 1.57 bits per heavy atom. The quantitative estimate of drug-likeness (QED) is 0.633. The molecule has 0 amide bonds. The average molecular weight is 277 g/mol. The molecule has 0 radical (unpaired) electrons. The summed E-state index contributed by atoms with van der Waals surface area (Å²) in [6.45, 7) is 0. The van der Waals surface area contributed by atoms with Crippen molar-refractivity contribution in [3.63, 3.8) is 0 Å². The van der Waals surface area contributed by atoms with Crippen molar-refractivity contribution in [2.45, 2.75) is 4.90 Å². The van der Waals surface area contributed by atoms with Gasteiger partial charge in [0.2, 0.25) is 0 Å². The zero-order valence-corrected chi connectivity index (χ0v) is 9.58. The summed E-state index contributed by atoms with van der Waals surface area (Å²) >= 11 is 4.50. The molecule has 0 bridgehead atoms. The van der Waals surface area contributed by atoms with Crippen LogP contribution in [0.4, 0.5) is 10.1 Å². The van der Waals surface area contributed by atoms with Crippen LogP contribution in [-0.4, -0.2) is 11.9 Å². The molecular weight excluding hydrogens is 271 g/mol. The normalized spacial score (nSPS) is 14.1. The van der Waals surface area contributed by atoms with Crippen LogP contribution in [-0.2, 0) is 0 Å². The van der Waals surface area contributed by atoms with Crippen LogP contribution in [0.25, 0.3) is 0 Å². The Morgan fingerprint density at radius 3 is 3.07 bits per heavy atom. The molecule has 1 N–H and O–H groups in total. The van der Waals surface area contributed by atoms with Crippen LogP contribution in [0.2, 0.25) is 0 Å². The summed E-state index contributed by atoms with van der Waals surface area (Å²) < 4.78 is 21.6. The minimum Gasteiger partial charge on any atom is -0.494 e. The molecule has 0 saturated heterocycles. The van der Waals surface area contributed by atoms with Gasteiger partial charge < -0.3 is 9.46 Å². The fourth-order valence-corrected chi connectivity index (χ4v) is 2.19. The van der Waals surface area contributed by atoms with E-state index in [0.717, 1.165) is 0 Å². The molecule has 1 heterocycles. The lowest BCUT2D eigenvalue weighted by Gasteiger charge is -2.15. The van der Waals surface area contributed by atoms with Gasteiger partial charge in [0.15, 0.2) is 4.74 Å². The molecule has 1 aromatic rings. The topological polar surface area (TPSA) is 33.6 Å². The third kappa shape index (κ3) is 1.72. The van der Waals surface area contributed by atoms with Crippen molar-refractivity contribution in [2.24, 2.45) is 4.99 Å². The first-order valence-corrected chi connectivity index (χ1v) is 5.36. The Morgan fingerprint density at radius 2 is 2.36 bits per heavy atom. The fourth-order valence-electron chi connectivity index (χ4n) is 1.11. The van der Waals surface area contributed by atoms with Crippen molar-refractivity contribution in [2.75, 3.05) is 7.11 Å². The third-order valence-electron chi connectivity index (χ3n) is 1.68. The lowest BCUT2D eigenvalue weighted by molar-refractivity contribution is 0.411. The lowest BCUT2D eigenvalue weighted by Crippen LogP contribution is -2.11. The zero-order chi connectivity index (χ0) is 10.1. The lowest BCUT2D eigenvalue weighted by atomic mass is 10.3. The van der Waals surface area contributed by atoms with Gasteiger partial charge in [0.25, 0.3) is 0 Å². The Hall–Kier alpha value is -0.750. The van der Waals surface area contributed by atoms with Crippen molar-refractivity contribution < 1.29 is 9.13 Å². The number of hydrogen-bond donors (Lipinski definition) is 1. The van der Waals surface area contributed by atoms with E-state index in [-0.39, 0.29) is 5.82 Å². The molecule has 0 fully saturated rings. The van der Waals surface area contributed by atoms with Gasteiger partial charge in [0, 0.05) is 6.07 Å². The number of nitrogens with one attached hydrogen (secondary N) is 1. The molecule has 74 valence electrons. The Kier molecular flexibility index (Phi) is 2.64. The number of amidine groups is 1. The number of aliphatic imine (C=N–C) groups is 1. The van der Waals surface area contributed by atoms with Crippen molar-refractivity contribution in [3.8, 4) is 5.75 Å². The van der Waals surface area contributed by atoms with Crippen LogP contribution in [0, 0.1) is 5.82 Å². The van der Waals surface area contributed by atoms with Crippen molar-refractivity contribution in [1.29, 1.82) is 0 Å². The maximum Gasteiger partial charge on any atom is 0.181 e. The highest BCUT2D eigenvalue weighted by molar-refractivity contribution is 9.18. The van der Waals surface area contributed by atoms with E-state index in [9.17, 15) is 4.39 Å². The van der Waals surface area contributed by atoms with Gasteiger partial charge in [-0.15, -0.1) is 0 Å². The summed E-state index contributed by atoms with van der Waals surface area (Å²) in [7, 11) is 1.49. The minimum absolute atomic E-state index is 0.330. The van der Waals surface area contributed by atoms with Crippen LogP contribution in [0.1, 0.15) is 0 Å². The van der Waals surface area contributed by atoms with Crippen molar-refractivity contribution in [1.82, 2.24) is 4.72 Å². The van der Waals surface area contributed by atoms with E-state index in [1.54, 1.807) is 0 Å². The SMILES string of the molecule is COc1cc(F)cc2c1N=C(Br)NS2. The van der Waals surface area contributed by atoms with Gasteiger partial charge in [-0.25, -0.2) is 9.38 Å². The largest absolute Gasteiger partial charge is 0.494 e. The predicted molar refractivity (Wildman–Crippen MR) is 58.0 cm³/mol.